The van der Waals surface area contributed by atoms with Crippen LogP contribution in [0.2, 0.25) is 0 Å². The minimum Gasteiger partial charge on any atom is -0.481 e. The molecule has 0 fully saturated rings. The fourth-order valence-corrected chi connectivity index (χ4v) is 2.01. The Hall–Kier alpha value is -1.06. The molecule has 0 radical (unpaired) electrons. The molecule has 1 N–H and O–H groups in total. The molecule has 106 valence electrons. The van der Waals surface area contributed by atoms with E-state index < -0.39 is 11.4 Å². The van der Waals surface area contributed by atoms with Crippen molar-refractivity contribution in [1.29, 1.82) is 0 Å². The normalized spacial score (nSPS) is 14.7. The van der Waals surface area contributed by atoms with Crippen LogP contribution < -0.4 is 0 Å². The van der Waals surface area contributed by atoms with E-state index in [0.29, 0.717) is 0 Å². The Balaban J connectivity index is 4.87. The molecule has 18 heavy (non-hydrogen) atoms. The van der Waals surface area contributed by atoms with Crippen LogP contribution in [-0.4, -0.2) is 35.0 Å². The van der Waals surface area contributed by atoms with Gasteiger partial charge in [0.25, 0.3) is 0 Å². The van der Waals surface area contributed by atoms with E-state index in [0.717, 1.165) is 12.8 Å². The van der Waals surface area contributed by atoms with Gasteiger partial charge in [-0.3, -0.25) is 9.59 Å². The zero-order chi connectivity index (χ0) is 14.5. The first-order valence-electron chi connectivity index (χ1n) is 6.69. The molecule has 0 aromatic heterocycles. The summed E-state index contributed by atoms with van der Waals surface area (Å²) in [5.41, 5.74) is -0.989. The van der Waals surface area contributed by atoms with Gasteiger partial charge < -0.3 is 10.0 Å². The van der Waals surface area contributed by atoms with Gasteiger partial charge in [0.05, 0.1) is 5.41 Å². The van der Waals surface area contributed by atoms with Crippen molar-refractivity contribution < 1.29 is 14.7 Å². The van der Waals surface area contributed by atoms with E-state index in [2.05, 4.69) is 0 Å². The van der Waals surface area contributed by atoms with Crippen LogP contribution in [0.5, 0.6) is 0 Å². The molecule has 1 unspecified atom stereocenters. The van der Waals surface area contributed by atoms with Gasteiger partial charge in [0, 0.05) is 19.5 Å². The molecule has 4 heteroatoms. The van der Waals surface area contributed by atoms with E-state index in [-0.39, 0.29) is 24.3 Å². The summed E-state index contributed by atoms with van der Waals surface area (Å²) < 4.78 is 0. The average Bonchev–Trinajstić information content (AvgIpc) is 2.29. The first kappa shape index (κ1) is 16.9. The number of aliphatic carboxylic acids is 1. The molecule has 0 saturated heterocycles. The standard InChI is InChI=1S/C14H27NO3/c1-7-11(8-2)15(6)12(16)9-14(5,10(3)4)13(17)18/h10-11H,7-9H2,1-6H3,(H,17,18). The van der Waals surface area contributed by atoms with Crippen LogP contribution in [0.4, 0.5) is 0 Å². The fraction of sp³-hybridized carbons (Fsp3) is 0.857. The molecule has 0 heterocycles. The minimum atomic E-state index is -0.989. The van der Waals surface area contributed by atoms with Crippen LogP contribution in [0.3, 0.4) is 0 Å². The van der Waals surface area contributed by atoms with E-state index in [1.165, 1.54) is 0 Å². The summed E-state index contributed by atoms with van der Waals surface area (Å²) in [6.07, 6.45) is 1.85. The molecule has 4 nitrogen and oxygen atoms in total. The van der Waals surface area contributed by atoms with Crippen molar-refractivity contribution in [3.05, 3.63) is 0 Å². The highest BCUT2D eigenvalue weighted by molar-refractivity contribution is 5.85. The van der Waals surface area contributed by atoms with Crippen LogP contribution in [0.1, 0.15) is 53.9 Å². The lowest BCUT2D eigenvalue weighted by Gasteiger charge is -2.33. The van der Waals surface area contributed by atoms with Crippen molar-refractivity contribution in [2.45, 2.75) is 59.9 Å². The monoisotopic (exact) mass is 257 g/mol. The van der Waals surface area contributed by atoms with Crippen LogP contribution in [0.15, 0.2) is 0 Å². The molecule has 0 saturated carbocycles. The molecule has 0 bridgehead atoms. The highest BCUT2D eigenvalue weighted by atomic mass is 16.4. The molecule has 0 spiro atoms. The molecule has 0 aliphatic rings. The molecule has 0 aromatic carbocycles. The van der Waals surface area contributed by atoms with Gasteiger partial charge in [0.1, 0.15) is 0 Å². The van der Waals surface area contributed by atoms with Gasteiger partial charge in [-0.2, -0.15) is 0 Å². The molecule has 1 atom stereocenters. The van der Waals surface area contributed by atoms with Gasteiger partial charge in [-0.25, -0.2) is 0 Å². The average molecular weight is 257 g/mol. The summed E-state index contributed by atoms with van der Waals surface area (Å²) >= 11 is 0. The van der Waals surface area contributed by atoms with Crippen LogP contribution >= 0.6 is 0 Å². The van der Waals surface area contributed by atoms with Gasteiger partial charge in [-0.05, 0) is 25.7 Å². The molecular formula is C14H27NO3. The fourth-order valence-electron chi connectivity index (χ4n) is 2.01. The molecule has 0 aliphatic carbocycles. The number of carbonyl (C=O) groups is 2. The summed E-state index contributed by atoms with van der Waals surface area (Å²) in [5.74, 6) is -1.06. The Morgan fingerprint density at radius 2 is 1.67 bits per heavy atom. The number of amides is 1. The zero-order valence-corrected chi connectivity index (χ0v) is 12.5. The second kappa shape index (κ2) is 6.76. The van der Waals surface area contributed by atoms with Crippen LogP contribution in [0, 0.1) is 11.3 Å². The first-order valence-corrected chi connectivity index (χ1v) is 6.69. The number of hydrogen-bond donors (Lipinski definition) is 1. The van der Waals surface area contributed by atoms with Crippen molar-refractivity contribution in [2.75, 3.05) is 7.05 Å². The van der Waals surface area contributed by atoms with Gasteiger partial charge in [0.2, 0.25) is 5.91 Å². The van der Waals surface area contributed by atoms with Crippen molar-refractivity contribution in [2.24, 2.45) is 11.3 Å². The Morgan fingerprint density at radius 3 is 1.94 bits per heavy atom. The highest BCUT2D eigenvalue weighted by Gasteiger charge is 2.39. The molecule has 1 amide bonds. The van der Waals surface area contributed by atoms with Crippen molar-refractivity contribution >= 4 is 11.9 Å². The predicted octanol–water partition coefficient (Wildman–Crippen LogP) is 2.77. The smallest absolute Gasteiger partial charge is 0.310 e. The number of carboxylic acid groups (broad SMARTS) is 1. The Morgan fingerprint density at radius 1 is 1.22 bits per heavy atom. The Bertz CT molecular complexity index is 297. The van der Waals surface area contributed by atoms with E-state index in [1.807, 2.05) is 27.7 Å². The van der Waals surface area contributed by atoms with Gasteiger partial charge in [-0.15, -0.1) is 0 Å². The second-order valence-corrected chi connectivity index (χ2v) is 5.53. The van der Waals surface area contributed by atoms with E-state index in [4.69, 9.17) is 0 Å². The third-order valence-electron chi connectivity index (χ3n) is 4.16. The maximum absolute atomic E-state index is 12.2. The van der Waals surface area contributed by atoms with Crippen molar-refractivity contribution in [3.63, 3.8) is 0 Å². The number of carbonyl (C=O) groups excluding carboxylic acids is 1. The quantitative estimate of drug-likeness (QED) is 0.763. The SMILES string of the molecule is CCC(CC)N(C)C(=O)CC(C)(C(=O)O)C(C)C. The third-order valence-corrected chi connectivity index (χ3v) is 4.16. The maximum Gasteiger partial charge on any atom is 0.310 e. The van der Waals surface area contributed by atoms with Gasteiger partial charge in [0.15, 0.2) is 0 Å². The zero-order valence-electron chi connectivity index (χ0n) is 12.5. The topological polar surface area (TPSA) is 57.6 Å². The second-order valence-electron chi connectivity index (χ2n) is 5.53. The summed E-state index contributed by atoms with van der Waals surface area (Å²) in [6.45, 7) is 9.42. The lowest BCUT2D eigenvalue weighted by Crippen LogP contribution is -2.43. The lowest BCUT2D eigenvalue weighted by molar-refractivity contribution is -0.155. The van der Waals surface area contributed by atoms with Crippen LogP contribution in [-0.2, 0) is 9.59 Å². The van der Waals surface area contributed by atoms with Crippen LogP contribution in [0.25, 0.3) is 0 Å². The van der Waals surface area contributed by atoms with E-state index >= 15 is 0 Å². The van der Waals surface area contributed by atoms with Crippen molar-refractivity contribution in [3.8, 4) is 0 Å². The van der Waals surface area contributed by atoms with Gasteiger partial charge in [-0.1, -0.05) is 27.7 Å². The molecule has 0 aromatic rings. The number of rotatable bonds is 7. The van der Waals surface area contributed by atoms with E-state index in [9.17, 15) is 14.7 Å². The lowest BCUT2D eigenvalue weighted by atomic mass is 9.76. The molecule has 0 aliphatic heterocycles. The predicted molar refractivity (Wildman–Crippen MR) is 72.3 cm³/mol. The number of hydrogen-bond acceptors (Lipinski definition) is 2. The summed E-state index contributed by atoms with van der Waals surface area (Å²) in [4.78, 5) is 25.2. The Labute approximate surface area is 110 Å². The number of carboxylic acids is 1. The first-order chi connectivity index (χ1) is 8.20. The highest BCUT2D eigenvalue weighted by Crippen LogP contribution is 2.32. The Kier molecular flexibility index (Phi) is 6.36. The largest absolute Gasteiger partial charge is 0.481 e. The minimum absolute atomic E-state index is 0.0625. The van der Waals surface area contributed by atoms with E-state index in [1.54, 1.807) is 18.9 Å². The summed E-state index contributed by atoms with van der Waals surface area (Å²) in [5, 5.41) is 9.32. The third kappa shape index (κ3) is 3.72. The summed E-state index contributed by atoms with van der Waals surface area (Å²) in [6, 6.07) is 0.197. The van der Waals surface area contributed by atoms with Crippen molar-refractivity contribution in [1.82, 2.24) is 4.90 Å². The maximum atomic E-state index is 12.2. The molecular weight excluding hydrogens is 230 g/mol. The molecule has 0 rings (SSSR count). The van der Waals surface area contributed by atoms with Gasteiger partial charge >= 0.3 is 5.97 Å². The number of nitrogens with zero attached hydrogens (tertiary/aromatic N) is 1. The summed E-state index contributed by atoms with van der Waals surface area (Å²) in [7, 11) is 1.77.